The van der Waals surface area contributed by atoms with Crippen molar-refractivity contribution >= 4 is 17.7 Å². The Balaban J connectivity index is 1.55. The molecule has 1 heterocycles. The molecule has 3 rings (SSSR count). The van der Waals surface area contributed by atoms with Crippen molar-refractivity contribution in [3.8, 4) is 5.75 Å². The second kappa shape index (κ2) is 12.0. The van der Waals surface area contributed by atoms with Crippen LogP contribution in [0.5, 0.6) is 5.75 Å². The van der Waals surface area contributed by atoms with Gasteiger partial charge in [0, 0.05) is 36.7 Å². The van der Waals surface area contributed by atoms with Crippen LogP contribution in [0.1, 0.15) is 61.5 Å². The number of carbonyl (C=O) groups is 3. The summed E-state index contributed by atoms with van der Waals surface area (Å²) in [4.78, 5) is 39.2. The zero-order valence-corrected chi connectivity index (χ0v) is 19.4. The van der Waals surface area contributed by atoms with Crippen LogP contribution >= 0.6 is 0 Å². The van der Waals surface area contributed by atoms with Crippen molar-refractivity contribution in [1.29, 1.82) is 0 Å². The van der Waals surface area contributed by atoms with E-state index in [1.165, 1.54) is 0 Å². The van der Waals surface area contributed by atoms with E-state index in [0.29, 0.717) is 17.7 Å². The summed E-state index contributed by atoms with van der Waals surface area (Å²) in [5.41, 5.74) is 1.40. The van der Waals surface area contributed by atoms with E-state index < -0.39 is 0 Å². The number of nitrogens with one attached hydrogen (secondary N) is 2. The van der Waals surface area contributed by atoms with Crippen LogP contribution in [0.3, 0.4) is 0 Å². The molecule has 2 unspecified atom stereocenters. The first-order chi connectivity index (χ1) is 16.0. The molecule has 7 heteroatoms. The predicted molar refractivity (Wildman–Crippen MR) is 127 cm³/mol. The summed E-state index contributed by atoms with van der Waals surface area (Å²) < 4.78 is 5.86. The molecule has 2 aromatic carbocycles. The lowest BCUT2D eigenvalue weighted by atomic mass is 10.0. The van der Waals surface area contributed by atoms with Gasteiger partial charge in [0.15, 0.2) is 6.61 Å². The van der Waals surface area contributed by atoms with Crippen LogP contribution in [-0.4, -0.2) is 48.4 Å². The van der Waals surface area contributed by atoms with Gasteiger partial charge in [-0.05, 0) is 44.4 Å². The number of carbonyl (C=O) groups excluding carboxylic acids is 3. The Bertz CT molecular complexity index is 942. The van der Waals surface area contributed by atoms with Crippen LogP contribution in [-0.2, 0) is 9.59 Å². The van der Waals surface area contributed by atoms with Crippen molar-refractivity contribution in [2.45, 2.75) is 51.6 Å². The first-order valence-electron chi connectivity index (χ1n) is 11.6. The maximum absolute atomic E-state index is 12.7. The van der Waals surface area contributed by atoms with Gasteiger partial charge in [0.25, 0.3) is 11.8 Å². The van der Waals surface area contributed by atoms with Gasteiger partial charge in [-0.3, -0.25) is 14.4 Å². The number of amides is 3. The molecule has 1 aliphatic heterocycles. The zero-order chi connectivity index (χ0) is 23.6. The SMILES string of the molecule is CCC(NC(=O)CC(C)NC(=O)c1ccccc1)c1ccccc1OCC(=O)N1CCCC1. The van der Waals surface area contributed by atoms with Gasteiger partial charge in [0.2, 0.25) is 5.91 Å². The maximum atomic E-state index is 12.7. The highest BCUT2D eigenvalue weighted by Crippen LogP contribution is 2.27. The Hall–Kier alpha value is -3.35. The number of nitrogens with zero attached hydrogens (tertiary/aromatic N) is 1. The minimum absolute atomic E-state index is 0.00997. The normalized spacial score (nSPS) is 14.9. The van der Waals surface area contributed by atoms with E-state index >= 15 is 0 Å². The molecule has 7 nitrogen and oxygen atoms in total. The zero-order valence-electron chi connectivity index (χ0n) is 19.4. The molecule has 0 saturated carbocycles. The van der Waals surface area contributed by atoms with Gasteiger partial charge in [-0.15, -0.1) is 0 Å². The third kappa shape index (κ3) is 7.07. The molecule has 2 atom stereocenters. The molecule has 0 spiro atoms. The summed E-state index contributed by atoms with van der Waals surface area (Å²) in [7, 11) is 0. The predicted octanol–water partition coefficient (Wildman–Crippen LogP) is 3.46. The molecule has 1 aliphatic rings. The van der Waals surface area contributed by atoms with E-state index in [1.807, 2.05) is 49.1 Å². The van der Waals surface area contributed by atoms with Crippen molar-refractivity contribution in [2.24, 2.45) is 0 Å². The van der Waals surface area contributed by atoms with Crippen molar-refractivity contribution in [2.75, 3.05) is 19.7 Å². The van der Waals surface area contributed by atoms with Crippen molar-refractivity contribution in [3.63, 3.8) is 0 Å². The average Bonchev–Trinajstić information content (AvgIpc) is 3.37. The number of hydrogen-bond acceptors (Lipinski definition) is 4. The van der Waals surface area contributed by atoms with Crippen LogP contribution in [0.4, 0.5) is 0 Å². The third-order valence-electron chi connectivity index (χ3n) is 5.75. The Labute approximate surface area is 195 Å². The lowest BCUT2D eigenvalue weighted by molar-refractivity contribution is -0.132. The summed E-state index contributed by atoms with van der Waals surface area (Å²) in [6, 6.07) is 15.8. The first-order valence-corrected chi connectivity index (χ1v) is 11.6. The standard InChI is InChI=1S/C26H33N3O4/c1-3-22(28-24(30)17-19(2)27-26(32)20-11-5-4-6-12-20)21-13-7-8-14-23(21)33-18-25(31)29-15-9-10-16-29/h4-8,11-14,19,22H,3,9-10,15-18H2,1-2H3,(H,27,32)(H,28,30). The van der Waals surface area contributed by atoms with Crippen LogP contribution in [0, 0.1) is 0 Å². The van der Waals surface area contributed by atoms with Gasteiger partial charge in [0.1, 0.15) is 5.75 Å². The quantitative estimate of drug-likeness (QED) is 0.579. The van der Waals surface area contributed by atoms with Crippen molar-refractivity contribution in [3.05, 3.63) is 65.7 Å². The Morgan fingerprint density at radius 3 is 2.33 bits per heavy atom. The lowest BCUT2D eigenvalue weighted by Gasteiger charge is -2.22. The van der Waals surface area contributed by atoms with Gasteiger partial charge in [-0.1, -0.05) is 43.3 Å². The minimum Gasteiger partial charge on any atom is -0.483 e. The number of para-hydroxylation sites is 1. The summed E-state index contributed by atoms with van der Waals surface area (Å²) in [5.74, 6) is 0.222. The molecule has 0 aromatic heterocycles. The highest BCUT2D eigenvalue weighted by molar-refractivity contribution is 5.94. The molecule has 33 heavy (non-hydrogen) atoms. The second-order valence-electron chi connectivity index (χ2n) is 8.39. The Morgan fingerprint density at radius 2 is 1.64 bits per heavy atom. The van der Waals surface area contributed by atoms with E-state index in [-0.39, 0.29) is 42.8 Å². The molecule has 2 aromatic rings. The minimum atomic E-state index is -0.320. The summed E-state index contributed by atoms with van der Waals surface area (Å²) in [5, 5.41) is 5.91. The van der Waals surface area contributed by atoms with Crippen LogP contribution in [0.25, 0.3) is 0 Å². The van der Waals surface area contributed by atoms with E-state index in [1.54, 1.807) is 24.3 Å². The van der Waals surface area contributed by atoms with Crippen LogP contribution < -0.4 is 15.4 Å². The number of rotatable bonds is 10. The summed E-state index contributed by atoms with van der Waals surface area (Å²) >= 11 is 0. The largest absolute Gasteiger partial charge is 0.483 e. The fourth-order valence-corrected chi connectivity index (χ4v) is 3.98. The van der Waals surface area contributed by atoms with E-state index in [4.69, 9.17) is 4.74 Å². The van der Waals surface area contributed by atoms with Gasteiger partial charge < -0.3 is 20.3 Å². The van der Waals surface area contributed by atoms with E-state index in [0.717, 1.165) is 31.5 Å². The Morgan fingerprint density at radius 1 is 0.970 bits per heavy atom. The molecule has 0 aliphatic carbocycles. The molecule has 176 valence electrons. The fourth-order valence-electron chi connectivity index (χ4n) is 3.98. The maximum Gasteiger partial charge on any atom is 0.260 e. The average molecular weight is 452 g/mol. The topological polar surface area (TPSA) is 87.7 Å². The summed E-state index contributed by atoms with van der Waals surface area (Å²) in [6.07, 6.45) is 2.90. The number of benzene rings is 2. The molecule has 1 saturated heterocycles. The molecule has 2 N–H and O–H groups in total. The molecule has 0 radical (unpaired) electrons. The second-order valence-corrected chi connectivity index (χ2v) is 8.39. The Kier molecular flexibility index (Phi) is 8.87. The third-order valence-corrected chi connectivity index (χ3v) is 5.75. The fraction of sp³-hybridized carbons (Fsp3) is 0.423. The van der Waals surface area contributed by atoms with E-state index in [9.17, 15) is 14.4 Å². The van der Waals surface area contributed by atoms with E-state index in [2.05, 4.69) is 10.6 Å². The molecule has 0 bridgehead atoms. The molecular formula is C26H33N3O4. The summed E-state index contributed by atoms with van der Waals surface area (Å²) in [6.45, 7) is 5.36. The van der Waals surface area contributed by atoms with Gasteiger partial charge in [-0.25, -0.2) is 0 Å². The van der Waals surface area contributed by atoms with Gasteiger partial charge in [0.05, 0.1) is 6.04 Å². The molecule has 3 amide bonds. The number of hydrogen-bond donors (Lipinski definition) is 2. The molecular weight excluding hydrogens is 418 g/mol. The van der Waals surface area contributed by atoms with Crippen LogP contribution in [0.15, 0.2) is 54.6 Å². The van der Waals surface area contributed by atoms with Gasteiger partial charge >= 0.3 is 0 Å². The smallest absolute Gasteiger partial charge is 0.260 e. The van der Waals surface area contributed by atoms with Gasteiger partial charge in [-0.2, -0.15) is 0 Å². The molecule has 1 fully saturated rings. The highest BCUT2D eigenvalue weighted by Gasteiger charge is 2.21. The highest BCUT2D eigenvalue weighted by atomic mass is 16.5. The monoisotopic (exact) mass is 451 g/mol. The van der Waals surface area contributed by atoms with Crippen LogP contribution in [0.2, 0.25) is 0 Å². The number of likely N-dealkylation sites (tertiary alicyclic amines) is 1. The lowest BCUT2D eigenvalue weighted by Crippen LogP contribution is -2.38. The van der Waals surface area contributed by atoms with Crippen molar-refractivity contribution < 1.29 is 19.1 Å². The first kappa shape index (κ1) is 24.3. The van der Waals surface area contributed by atoms with Crippen molar-refractivity contribution in [1.82, 2.24) is 15.5 Å². The number of ether oxygens (including phenoxy) is 1.